The molecule has 2 aromatic rings. The van der Waals surface area contributed by atoms with Gasteiger partial charge in [-0.1, -0.05) is 25.1 Å². The van der Waals surface area contributed by atoms with Gasteiger partial charge in [-0.3, -0.25) is 14.7 Å². The number of alkyl halides is 3. The highest BCUT2D eigenvalue weighted by Gasteiger charge is 2.59. The van der Waals surface area contributed by atoms with Crippen LogP contribution < -0.4 is 15.1 Å². The van der Waals surface area contributed by atoms with Crippen molar-refractivity contribution in [1.29, 1.82) is 0 Å². The largest absolute Gasteiger partial charge is 0.416 e. The average Bonchev–Trinajstić information content (AvgIpc) is 3.42. The van der Waals surface area contributed by atoms with E-state index >= 15 is 0 Å². The molecule has 0 atom stereocenters. The molecule has 0 bridgehead atoms. The van der Waals surface area contributed by atoms with Crippen molar-refractivity contribution in [1.82, 2.24) is 5.32 Å². The maximum atomic E-state index is 13.7. The zero-order valence-electron chi connectivity index (χ0n) is 20.2. The Morgan fingerprint density at radius 1 is 1.08 bits per heavy atom. The molecule has 0 radical (unpaired) electrons. The highest BCUT2D eigenvalue weighted by molar-refractivity contribution is 7.81. The van der Waals surface area contributed by atoms with E-state index < -0.39 is 17.3 Å². The first-order valence-electron chi connectivity index (χ1n) is 12.5. The van der Waals surface area contributed by atoms with Gasteiger partial charge in [0.25, 0.3) is 5.91 Å². The van der Waals surface area contributed by atoms with E-state index in [1.165, 1.54) is 16.5 Å². The lowest BCUT2D eigenvalue weighted by atomic mass is 9.75. The fourth-order valence-corrected chi connectivity index (χ4v) is 5.84. The van der Waals surface area contributed by atoms with Crippen LogP contribution >= 0.6 is 12.2 Å². The van der Waals surface area contributed by atoms with Crippen LogP contribution in [0.5, 0.6) is 0 Å². The van der Waals surface area contributed by atoms with E-state index in [2.05, 4.69) is 10.3 Å². The summed E-state index contributed by atoms with van der Waals surface area (Å²) in [5.74, 6) is 0.824. The molecule has 36 heavy (non-hydrogen) atoms. The third-order valence-electron chi connectivity index (χ3n) is 7.45. The maximum Gasteiger partial charge on any atom is 0.416 e. The number of rotatable bonds is 7. The van der Waals surface area contributed by atoms with Crippen LogP contribution in [0.4, 0.5) is 24.5 Å². The molecule has 1 saturated heterocycles. The third kappa shape index (κ3) is 4.27. The monoisotopic (exact) mass is 514 g/mol. The number of aliphatic imine (C=N–C) groups is 1. The number of halogens is 3. The van der Waals surface area contributed by atoms with E-state index in [0.29, 0.717) is 12.8 Å². The Kier molecular flexibility index (Phi) is 6.53. The number of carbonyl (C=O) groups excluding carboxylic acids is 1. The van der Waals surface area contributed by atoms with Crippen LogP contribution in [0, 0.1) is 0 Å². The molecule has 5 nitrogen and oxygen atoms in total. The molecule has 190 valence electrons. The zero-order valence-corrected chi connectivity index (χ0v) is 21.0. The SMILES string of the molecule is CCc1ccc(N2C(=O)C3(CCC3)N(c3ccc(CCCC4=NCCN4)cc3)C2=S)cc1C(F)(F)F. The number of carbonyl (C=O) groups is 1. The first kappa shape index (κ1) is 24.7. The molecule has 1 aliphatic carbocycles. The molecule has 3 aliphatic rings. The van der Waals surface area contributed by atoms with Crippen molar-refractivity contribution in [3.05, 3.63) is 59.2 Å². The Morgan fingerprint density at radius 3 is 2.39 bits per heavy atom. The van der Waals surface area contributed by atoms with E-state index in [1.54, 1.807) is 13.0 Å². The van der Waals surface area contributed by atoms with Crippen LogP contribution in [0.2, 0.25) is 0 Å². The maximum absolute atomic E-state index is 13.7. The molecule has 0 aromatic heterocycles. The van der Waals surface area contributed by atoms with Crippen molar-refractivity contribution in [3.8, 4) is 0 Å². The summed E-state index contributed by atoms with van der Waals surface area (Å²) in [5, 5.41) is 3.52. The number of anilines is 2. The van der Waals surface area contributed by atoms with E-state index in [1.807, 2.05) is 29.2 Å². The van der Waals surface area contributed by atoms with Gasteiger partial charge in [-0.25, -0.2) is 0 Å². The quantitative estimate of drug-likeness (QED) is 0.485. The number of nitrogens with one attached hydrogen (secondary N) is 1. The number of hydrogen-bond donors (Lipinski definition) is 1. The molecular weight excluding hydrogens is 485 g/mol. The van der Waals surface area contributed by atoms with Gasteiger partial charge in [0.15, 0.2) is 5.11 Å². The van der Waals surface area contributed by atoms with Gasteiger partial charge >= 0.3 is 6.18 Å². The summed E-state index contributed by atoms with van der Waals surface area (Å²) in [4.78, 5) is 21.2. The van der Waals surface area contributed by atoms with Crippen molar-refractivity contribution in [3.63, 3.8) is 0 Å². The fourth-order valence-electron chi connectivity index (χ4n) is 5.37. The van der Waals surface area contributed by atoms with Gasteiger partial charge in [-0.2, -0.15) is 13.2 Å². The molecule has 1 amide bonds. The minimum atomic E-state index is -4.50. The normalized spacial score (nSPS) is 19.1. The molecule has 0 unspecified atom stereocenters. The fraction of sp³-hybridized carbons (Fsp3) is 0.444. The minimum Gasteiger partial charge on any atom is -0.372 e. The van der Waals surface area contributed by atoms with Crippen LogP contribution in [-0.4, -0.2) is 35.5 Å². The van der Waals surface area contributed by atoms with Gasteiger partial charge in [0.05, 0.1) is 23.6 Å². The van der Waals surface area contributed by atoms with Crippen LogP contribution in [0.25, 0.3) is 0 Å². The van der Waals surface area contributed by atoms with E-state index in [0.717, 1.165) is 56.4 Å². The smallest absolute Gasteiger partial charge is 0.372 e. The molecule has 1 saturated carbocycles. The number of benzene rings is 2. The van der Waals surface area contributed by atoms with Gasteiger partial charge in [-0.15, -0.1) is 0 Å². The first-order chi connectivity index (χ1) is 17.2. The minimum absolute atomic E-state index is 0.170. The van der Waals surface area contributed by atoms with Crippen LogP contribution in [-0.2, 0) is 23.8 Å². The van der Waals surface area contributed by atoms with Crippen molar-refractivity contribution >= 4 is 40.4 Å². The predicted octanol–water partition coefficient (Wildman–Crippen LogP) is 5.65. The predicted molar refractivity (Wildman–Crippen MR) is 140 cm³/mol. The lowest BCUT2D eigenvalue weighted by Crippen LogP contribution is -2.55. The average molecular weight is 515 g/mol. The number of thiocarbonyl (C=S) groups is 1. The van der Waals surface area contributed by atoms with Gasteiger partial charge in [0.2, 0.25) is 0 Å². The van der Waals surface area contributed by atoms with Crippen LogP contribution in [0.3, 0.4) is 0 Å². The lowest BCUT2D eigenvalue weighted by Gasteiger charge is -2.43. The molecule has 2 aromatic carbocycles. The molecular formula is C27H29F3N4OS. The number of nitrogens with zero attached hydrogens (tertiary/aromatic N) is 3. The Labute approximate surface area is 214 Å². The van der Waals surface area contributed by atoms with Gasteiger partial charge in [0.1, 0.15) is 5.54 Å². The Bertz CT molecular complexity index is 1200. The van der Waals surface area contributed by atoms with E-state index in [9.17, 15) is 18.0 Å². The molecule has 2 heterocycles. The lowest BCUT2D eigenvalue weighted by molar-refractivity contribution is -0.138. The standard InChI is InChI=1S/C27H29F3N4OS/c1-2-19-9-12-21(17-22(19)27(28,29)30)33-24(35)26(13-4-14-26)34(25(33)36)20-10-7-18(8-11-20)5-3-6-23-31-15-16-32-23/h7-12,17H,2-6,13-16H2,1H3,(H,31,32). The topological polar surface area (TPSA) is 47.9 Å². The molecule has 1 spiro atoms. The van der Waals surface area contributed by atoms with Crippen molar-refractivity contribution in [2.24, 2.45) is 4.99 Å². The molecule has 9 heteroatoms. The Balaban J connectivity index is 1.40. The number of amides is 1. The second-order valence-electron chi connectivity index (χ2n) is 9.61. The molecule has 2 fully saturated rings. The second-order valence-corrected chi connectivity index (χ2v) is 9.98. The summed E-state index contributed by atoms with van der Waals surface area (Å²) < 4.78 is 41.2. The van der Waals surface area contributed by atoms with Crippen molar-refractivity contribution in [2.45, 2.75) is 63.6 Å². The summed E-state index contributed by atoms with van der Waals surface area (Å²) in [6, 6.07) is 12.1. The molecule has 2 aliphatic heterocycles. The summed E-state index contributed by atoms with van der Waals surface area (Å²) in [7, 11) is 0. The highest BCUT2D eigenvalue weighted by atomic mass is 32.1. The number of amidine groups is 1. The van der Waals surface area contributed by atoms with Crippen LogP contribution in [0.15, 0.2) is 47.5 Å². The Hall–Kier alpha value is -2.94. The first-order valence-corrected chi connectivity index (χ1v) is 12.9. The van der Waals surface area contributed by atoms with Crippen molar-refractivity contribution in [2.75, 3.05) is 22.9 Å². The summed E-state index contributed by atoms with van der Waals surface area (Å²) in [6.45, 7) is 3.44. The Morgan fingerprint density at radius 2 is 1.81 bits per heavy atom. The van der Waals surface area contributed by atoms with Crippen molar-refractivity contribution < 1.29 is 18.0 Å². The summed E-state index contributed by atoms with van der Waals surface area (Å²) in [5.41, 5.74) is 0.795. The van der Waals surface area contributed by atoms with Gasteiger partial charge in [-0.05, 0) is 86.1 Å². The highest BCUT2D eigenvalue weighted by Crippen LogP contribution is 2.48. The van der Waals surface area contributed by atoms with E-state index in [-0.39, 0.29) is 28.7 Å². The third-order valence-corrected chi connectivity index (χ3v) is 7.81. The number of aryl methyl sites for hydroxylation is 2. The summed E-state index contributed by atoms with van der Waals surface area (Å²) >= 11 is 5.74. The van der Waals surface area contributed by atoms with Gasteiger partial charge in [0, 0.05) is 18.7 Å². The van der Waals surface area contributed by atoms with Gasteiger partial charge < -0.3 is 10.2 Å². The summed E-state index contributed by atoms with van der Waals surface area (Å²) in [6.07, 6.45) is 0.677. The number of hydrogen-bond acceptors (Lipinski definition) is 4. The molecule has 5 rings (SSSR count). The molecule has 1 N–H and O–H groups in total. The second kappa shape index (κ2) is 9.50. The van der Waals surface area contributed by atoms with Crippen LogP contribution in [0.1, 0.15) is 55.7 Å². The zero-order chi connectivity index (χ0) is 25.5. The van der Waals surface area contributed by atoms with E-state index in [4.69, 9.17) is 12.2 Å².